The third-order valence-corrected chi connectivity index (χ3v) is 5.44. The molecule has 0 spiro atoms. The van der Waals surface area contributed by atoms with E-state index in [1.807, 2.05) is 0 Å². The van der Waals surface area contributed by atoms with Crippen LogP contribution < -0.4 is 0 Å². The molecular formula is C15H23NO5S. The smallest absolute Gasteiger partial charge is 0.237 e. The first-order valence-electron chi connectivity index (χ1n) is 7.78. The van der Waals surface area contributed by atoms with Crippen molar-refractivity contribution in [2.24, 2.45) is 17.8 Å². The number of sulfone groups is 1. The Bertz CT molecular complexity index is 552. The Labute approximate surface area is 131 Å². The molecule has 3 aliphatic rings. The predicted molar refractivity (Wildman–Crippen MR) is 80.8 cm³/mol. The zero-order chi connectivity index (χ0) is 15.7. The monoisotopic (exact) mass is 329 g/mol. The number of hydrogen-bond acceptors (Lipinski definition) is 5. The molecule has 0 aromatic carbocycles. The summed E-state index contributed by atoms with van der Waals surface area (Å²) in [5, 5.41) is 0. The first-order valence-corrected chi connectivity index (χ1v) is 9.84. The number of carbonyl (C=O) groups is 1. The van der Waals surface area contributed by atoms with Crippen molar-refractivity contribution in [2.45, 2.75) is 19.1 Å². The maximum Gasteiger partial charge on any atom is 0.237 e. The first-order chi connectivity index (χ1) is 10.4. The van der Waals surface area contributed by atoms with Gasteiger partial charge in [-0.15, -0.1) is 0 Å². The van der Waals surface area contributed by atoms with Crippen molar-refractivity contribution in [1.82, 2.24) is 4.90 Å². The molecule has 3 rings (SSSR count). The largest absolute Gasteiger partial charge is 0.348 e. The lowest BCUT2D eigenvalue weighted by atomic mass is 9.93. The second-order valence-corrected chi connectivity index (χ2v) is 8.72. The molecule has 1 amide bonds. The van der Waals surface area contributed by atoms with Crippen LogP contribution in [0.15, 0.2) is 12.2 Å². The molecule has 2 aliphatic carbocycles. The molecule has 0 N–H and O–H groups in total. The fourth-order valence-electron chi connectivity index (χ4n) is 3.67. The van der Waals surface area contributed by atoms with E-state index in [4.69, 9.17) is 9.47 Å². The maximum atomic E-state index is 12.4. The number of hydrogen-bond donors (Lipinski definition) is 0. The van der Waals surface area contributed by atoms with E-state index in [9.17, 15) is 13.2 Å². The average Bonchev–Trinajstić information content (AvgIpc) is 3.12. The number of allylic oxidation sites excluding steroid dienone is 2. The summed E-state index contributed by atoms with van der Waals surface area (Å²) < 4.78 is 33.7. The molecule has 0 aromatic rings. The highest BCUT2D eigenvalue weighted by atomic mass is 32.2. The molecule has 2 fully saturated rings. The lowest BCUT2D eigenvalue weighted by Gasteiger charge is -2.30. The Balaban J connectivity index is 1.65. The van der Waals surface area contributed by atoms with E-state index in [2.05, 4.69) is 12.2 Å². The van der Waals surface area contributed by atoms with Crippen LogP contribution in [0.1, 0.15) is 12.8 Å². The van der Waals surface area contributed by atoms with Crippen LogP contribution in [0.2, 0.25) is 0 Å². The van der Waals surface area contributed by atoms with Crippen molar-refractivity contribution in [1.29, 1.82) is 0 Å². The number of fused-ring (bicyclic) bond motifs is 2. The highest BCUT2D eigenvalue weighted by Crippen LogP contribution is 2.43. The minimum Gasteiger partial charge on any atom is -0.348 e. The number of ether oxygens (including phenoxy) is 2. The minimum absolute atomic E-state index is 0.311. The van der Waals surface area contributed by atoms with Crippen LogP contribution in [0.5, 0.6) is 0 Å². The van der Waals surface area contributed by atoms with E-state index < -0.39 is 21.9 Å². The third kappa shape index (κ3) is 3.88. The molecule has 3 atom stereocenters. The maximum absolute atomic E-state index is 12.4. The fourth-order valence-corrected chi connectivity index (χ4v) is 4.31. The molecule has 1 aliphatic heterocycles. The lowest BCUT2D eigenvalue weighted by molar-refractivity contribution is -0.135. The molecule has 7 heteroatoms. The Kier molecular flexibility index (Phi) is 4.56. The van der Waals surface area contributed by atoms with E-state index in [-0.39, 0.29) is 5.91 Å². The summed E-state index contributed by atoms with van der Waals surface area (Å²) in [7, 11) is -3.33. The van der Waals surface area contributed by atoms with E-state index in [1.165, 1.54) is 0 Å². The van der Waals surface area contributed by atoms with Crippen molar-refractivity contribution in [3.05, 3.63) is 12.2 Å². The summed E-state index contributed by atoms with van der Waals surface area (Å²) >= 11 is 0. The van der Waals surface area contributed by atoms with Crippen molar-refractivity contribution in [3.63, 3.8) is 0 Å². The Hall–Kier alpha value is -0.920. The van der Waals surface area contributed by atoms with Gasteiger partial charge in [0.1, 0.15) is 5.75 Å². The van der Waals surface area contributed by atoms with Crippen molar-refractivity contribution >= 4 is 15.7 Å². The van der Waals surface area contributed by atoms with Crippen LogP contribution in [-0.4, -0.2) is 63.8 Å². The molecule has 0 radical (unpaired) electrons. The summed E-state index contributed by atoms with van der Waals surface area (Å²) in [6.45, 7) is 1.94. The predicted octanol–water partition coefficient (Wildman–Crippen LogP) is 0.445. The van der Waals surface area contributed by atoms with Crippen LogP contribution in [0.4, 0.5) is 0 Å². The molecule has 1 saturated carbocycles. The van der Waals surface area contributed by atoms with E-state index in [1.54, 1.807) is 4.90 Å². The van der Waals surface area contributed by atoms with Gasteiger partial charge in [-0.2, -0.15) is 0 Å². The molecule has 6 nitrogen and oxygen atoms in total. The van der Waals surface area contributed by atoms with Gasteiger partial charge in [0.15, 0.2) is 16.1 Å². The Morgan fingerprint density at radius 1 is 1.18 bits per heavy atom. The third-order valence-electron chi connectivity index (χ3n) is 4.67. The molecule has 22 heavy (non-hydrogen) atoms. The van der Waals surface area contributed by atoms with Crippen LogP contribution in [-0.2, 0) is 24.1 Å². The van der Waals surface area contributed by atoms with Gasteiger partial charge in [-0.3, -0.25) is 4.79 Å². The lowest BCUT2D eigenvalue weighted by Crippen LogP contribution is -2.44. The van der Waals surface area contributed by atoms with Crippen molar-refractivity contribution in [3.8, 4) is 0 Å². The highest BCUT2D eigenvalue weighted by molar-refractivity contribution is 7.91. The summed E-state index contributed by atoms with van der Waals surface area (Å²) in [4.78, 5) is 14.0. The SMILES string of the molecule is CS(=O)(=O)CC(=O)N(CC1OCCO1)C[C@@H]1C[C@@H]2C=C[C@H]1C2. The molecule has 2 bridgehead atoms. The Morgan fingerprint density at radius 2 is 1.91 bits per heavy atom. The van der Waals surface area contributed by atoms with Gasteiger partial charge < -0.3 is 14.4 Å². The molecular weight excluding hydrogens is 306 g/mol. The summed E-state index contributed by atoms with van der Waals surface area (Å²) in [5.74, 6) is 0.758. The number of rotatable bonds is 6. The van der Waals surface area contributed by atoms with Crippen LogP contribution in [0.3, 0.4) is 0 Å². The summed E-state index contributed by atoms with van der Waals surface area (Å²) in [6, 6.07) is 0. The fraction of sp³-hybridized carbons (Fsp3) is 0.800. The normalized spacial score (nSPS) is 31.0. The van der Waals surface area contributed by atoms with Gasteiger partial charge >= 0.3 is 0 Å². The molecule has 124 valence electrons. The summed E-state index contributed by atoms with van der Waals surface area (Å²) in [5.41, 5.74) is 0. The zero-order valence-electron chi connectivity index (χ0n) is 12.8. The molecule has 0 aromatic heterocycles. The summed E-state index contributed by atoms with van der Waals surface area (Å²) in [6.07, 6.45) is 7.39. The molecule has 1 saturated heterocycles. The topological polar surface area (TPSA) is 72.9 Å². The first kappa shape index (κ1) is 16.0. The zero-order valence-corrected chi connectivity index (χ0v) is 13.6. The molecule has 0 unspecified atom stereocenters. The second-order valence-electron chi connectivity index (χ2n) is 6.58. The van der Waals surface area contributed by atoms with Crippen LogP contribution in [0.25, 0.3) is 0 Å². The average molecular weight is 329 g/mol. The van der Waals surface area contributed by atoms with Gasteiger partial charge in [0.2, 0.25) is 5.91 Å². The minimum atomic E-state index is -3.33. The van der Waals surface area contributed by atoms with Gasteiger partial charge in [-0.05, 0) is 30.6 Å². The number of amides is 1. The highest BCUT2D eigenvalue weighted by Gasteiger charge is 2.38. The van der Waals surface area contributed by atoms with Crippen molar-refractivity contribution in [2.75, 3.05) is 38.3 Å². The van der Waals surface area contributed by atoms with E-state index in [0.29, 0.717) is 44.1 Å². The Morgan fingerprint density at radius 3 is 2.45 bits per heavy atom. The van der Waals surface area contributed by atoms with E-state index >= 15 is 0 Å². The quantitative estimate of drug-likeness (QED) is 0.661. The van der Waals surface area contributed by atoms with Crippen LogP contribution in [0, 0.1) is 17.8 Å². The number of nitrogens with zero attached hydrogens (tertiary/aromatic N) is 1. The van der Waals surface area contributed by atoms with Crippen molar-refractivity contribution < 1.29 is 22.7 Å². The van der Waals surface area contributed by atoms with Gasteiger partial charge in [-0.1, -0.05) is 12.2 Å². The number of carbonyl (C=O) groups excluding carboxylic acids is 1. The van der Waals surface area contributed by atoms with Gasteiger partial charge in [-0.25, -0.2) is 8.42 Å². The van der Waals surface area contributed by atoms with Gasteiger partial charge in [0.25, 0.3) is 0 Å². The molecule has 1 heterocycles. The van der Waals surface area contributed by atoms with E-state index in [0.717, 1.165) is 19.1 Å². The van der Waals surface area contributed by atoms with Crippen LogP contribution >= 0.6 is 0 Å². The standard InChI is InChI=1S/C15H23NO5S/c1-22(18,19)10-14(17)16(9-15-20-4-5-21-15)8-13-7-11-2-3-12(13)6-11/h2-3,11-13,15H,4-10H2,1H3/t11-,12+,13+/m1/s1. The van der Waals surface area contributed by atoms with Gasteiger partial charge in [0, 0.05) is 12.8 Å². The van der Waals surface area contributed by atoms with Gasteiger partial charge in [0.05, 0.1) is 19.8 Å². The second kappa shape index (κ2) is 6.29.